The van der Waals surface area contributed by atoms with Crippen LogP contribution >= 0.6 is 0 Å². The van der Waals surface area contributed by atoms with Gasteiger partial charge in [-0.3, -0.25) is 0 Å². The summed E-state index contributed by atoms with van der Waals surface area (Å²) < 4.78 is 4.93. The van der Waals surface area contributed by atoms with Gasteiger partial charge in [0.25, 0.3) is 0 Å². The van der Waals surface area contributed by atoms with Gasteiger partial charge < -0.3 is 9.13 Å². The van der Waals surface area contributed by atoms with Gasteiger partial charge in [-0.2, -0.15) is 0 Å². The summed E-state index contributed by atoms with van der Waals surface area (Å²) in [6, 6.07) is 94.0. The molecule has 2 nitrogen and oxygen atoms in total. The molecule has 2 heteroatoms. The highest BCUT2D eigenvalue weighted by Gasteiger charge is 2.23. The second-order valence-corrected chi connectivity index (χ2v) is 17.9. The van der Waals surface area contributed by atoms with Crippen LogP contribution in [0.5, 0.6) is 0 Å². The molecule has 0 saturated carbocycles. The van der Waals surface area contributed by atoms with Crippen molar-refractivity contribution >= 4 is 75.9 Å². The van der Waals surface area contributed by atoms with E-state index in [1.807, 2.05) is 0 Å². The molecule has 68 heavy (non-hydrogen) atoms. The second-order valence-electron chi connectivity index (χ2n) is 17.9. The molecule has 2 aromatic heterocycles. The number of rotatable bonds is 6. The molecule has 0 unspecified atom stereocenters. The molecule has 0 saturated heterocycles. The number of nitrogens with zero attached hydrogens (tertiary/aromatic N) is 2. The van der Waals surface area contributed by atoms with E-state index in [2.05, 4.69) is 264 Å². The average Bonchev–Trinajstić information content (AvgIpc) is 3.94. The van der Waals surface area contributed by atoms with Gasteiger partial charge in [-0.25, -0.2) is 0 Å². The Morgan fingerprint density at radius 1 is 0.221 bits per heavy atom. The normalized spacial score (nSPS) is 11.8. The molecule has 316 valence electrons. The van der Waals surface area contributed by atoms with E-state index < -0.39 is 0 Å². The summed E-state index contributed by atoms with van der Waals surface area (Å²) in [7, 11) is 0. The molecule has 0 bridgehead atoms. The van der Waals surface area contributed by atoms with Crippen molar-refractivity contribution in [2.75, 3.05) is 0 Å². The van der Waals surface area contributed by atoms with Crippen LogP contribution in [0.25, 0.3) is 132 Å². The summed E-state index contributed by atoms with van der Waals surface area (Å²) in [6.07, 6.45) is 0. The summed E-state index contributed by atoms with van der Waals surface area (Å²) in [5.41, 5.74) is 16.8. The molecule has 0 radical (unpaired) electrons. The Morgan fingerprint density at radius 3 is 1.16 bits per heavy atom. The fourth-order valence-electron chi connectivity index (χ4n) is 11.4. The quantitative estimate of drug-likeness (QED) is 0.147. The van der Waals surface area contributed by atoms with Crippen LogP contribution < -0.4 is 0 Å². The minimum absolute atomic E-state index is 1.14. The molecule has 0 N–H and O–H groups in total. The van der Waals surface area contributed by atoms with E-state index in [0.717, 1.165) is 11.4 Å². The molecule has 0 atom stereocenters. The van der Waals surface area contributed by atoms with E-state index >= 15 is 0 Å². The molecule has 2 heterocycles. The fourth-order valence-corrected chi connectivity index (χ4v) is 11.4. The Hall–Kier alpha value is -8.98. The fraction of sp³-hybridized carbons (Fsp3) is 0. The predicted molar refractivity (Wildman–Crippen MR) is 289 cm³/mol. The highest BCUT2D eigenvalue weighted by atomic mass is 15.0. The maximum atomic E-state index is 2.50. The third kappa shape index (κ3) is 5.78. The van der Waals surface area contributed by atoms with Crippen LogP contribution in [0.15, 0.2) is 255 Å². The molecule has 0 aliphatic rings. The van der Waals surface area contributed by atoms with Crippen molar-refractivity contribution in [2.24, 2.45) is 0 Å². The summed E-state index contributed by atoms with van der Waals surface area (Å²) in [6.45, 7) is 0. The summed E-state index contributed by atoms with van der Waals surface area (Å²) >= 11 is 0. The highest BCUT2D eigenvalue weighted by molar-refractivity contribution is 6.24. The van der Waals surface area contributed by atoms with Crippen molar-refractivity contribution < 1.29 is 0 Å². The van der Waals surface area contributed by atoms with Crippen LogP contribution in [-0.4, -0.2) is 9.13 Å². The molecular formula is C66H42N2. The van der Waals surface area contributed by atoms with E-state index in [9.17, 15) is 0 Å². The number of fused-ring (bicyclic) bond motifs is 9. The van der Waals surface area contributed by atoms with Crippen molar-refractivity contribution in [1.82, 2.24) is 9.13 Å². The molecule has 12 aromatic carbocycles. The number of aromatic nitrogens is 2. The van der Waals surface area contributed by atoms with Gasteiger partial charge in [0.15, 0.2) is 0 Å². The lowest BCUT2D eigenvalue weighted by Crippen LogP contribution is -1.97. The number of para-hydroxylation sites is 6. The number of hydrogen-bond acceptors (Lipinski definition) is 0. The Bertz CT molecular complexity index is 4080. The van der Waals surface area contributed by atoms with Crippen molar-refractivity contribution in [1.29, 1.82) is 0 Å². The van der Waals surface area contributed by atoms with E-state index in [1.165, 1.54) is 120 Å². The van der Waals surface area contributed by atoms with Crippen LogP contribution in [0.1, 0.15) is 0 Å². The van der Waals surface area contributed by atoms with Crippen molar-refractivity contribution in [3.8, 4) is 55.9 Å². The predicted octanol–water partition coefficient (Wildman–Crippen LogP) is 18.0. The Labute approximate surface area is 393 Å². The highest BCUT2D eigenvalue weighted by Crippen LogP contribution is 2.48. The van der Waals surface area contributed by atoms with Gasteiger partial charge in [0.05, 0.1) is 22.1 Å². The first-order chi connectivity index (χ1) is 33.8. The Morgan fingerprint density at radius 2 is 0.632 bits per heavy atom. The number of benzene rings is 12. The lowest BCUT2D eigenvalue weighted by molar-refractivity contribution is 1.18. The molecule has 0 aliphatic carbocycles. The van der Waals surface area contributed by atoms with Gasteiger partial charge in [0.2, 0.25) is 0 Å². The summed E-state index contributed by atoms with van der Waals surface area (Å²) in [4.78, 5) is 0. The zero-order valence-corrected chi connectivity index (χ0v) is 37.1. The summed E-state index contributed by atoms with van der Waals surface area (Å²) in [5.74, 6) is 0. The molecule has 14 rings (SSSR count). The molecular weight excluding hydrogens is 821 g/mol. The molecule has 0 amide bonds. The lowest BCUT2D eigenvalue weighted by atomic mass is 9.84. The van der Waals surface area contributed by atoms with Gasteiger partial charge in [-0.15, -0.1) is 0 Å². The van der Waals surface area contributed by atoms with E-state index in [4.69, 9.17) is 0 Å². The first-order valence-electron chi connectivity index (χ1n) is 23.5. The van der Waals surface area contributed by atoms with Crippen LogP contribution in [0, 0.1) is 0 Å². The third-order valence-electron chi connectivity index (χ3n) is 14.3. The standard InChI is InChI=1S/C66H42N2/c1-4-20-43(21-5-1)59-41-45(40-44-22-10-11-27-48(44)59)64-53-32-16-30-49(55-34-18-36-57-51-28-12-14-38-62(51)67(65(55)57)46-23-6-2-7-24-46)60(53)42-61-50(31-17-33-54(61)64)56-35-19-37-58-52-29-13-15-39-63(52)68(66(56)58)47-25-8-3-9-26-47/h1-42H. The molecule has 0 spiro atoms. The van der Waals surface area contributed by atoms with Crippen LogP contribution in [0.3, 0.4) is 0 Å². The minimum atomic E-state index is 1.14. The first-order valence-corrected chi connectivity index (χ1v) is 23.5. The maximum absolute atomic E-state index is 2.50. The SMILES string of the molecule is c1ccc(-c2cc(-c3c4cccc(-c5cccc6c7ccccc7n(-c7ccccc7)c56)c4cc4c(-c5cccc6c7ccccc7n(-c7ccccc7)c56)cccc34)cc3ccccc23)cc1. The lowest BCUT2D eigenvalue weighted by Gasteiger charge is -2.20. The van der Waals surface area contributed by atoms with Crippen molar-refractivity contribution in [3.63, 3.8) is 0 Å². The Balaban J connectivity index is 1.15. The third-order valence-corrected chi connectivity index (χ3v) is 14.3. The minimum Gasteiger partial charge on any atom is -0.309 e. The second kappa shape index (κ2) is 15.3. The monoisotopic (exact) mass is 862 g/mol. The topological polar surface area (TPSA) is 9.86 Å². The zero-order valence-electron chi connectivity index (χ0n) is 37.1. The molecule has 0 aliphatic heterocycles. The van der Waals surface area contributed by atoms with Gasteiger partial charge in [-0.1, -0.05) is 200 Å². The number of hydrogen-bond donors (Lipinski definition) is 0. The largest absolute Gasteiger partial charge is 0.309 e. The zero-order chi connectivity index (χ0) is 44.7. The van der Waals surface area contributed by atoms with E-state index in [-0.39, 0.29) is 0 Å². The Kier molecular flexibility index (Phi) is 8.62. The maximum Gasteiger partial charge on any atom is 0.0619 e. The van der Waals surface area contributed by atoms with Gasteiger partial charge in [0, 0.05) is 44.0 Å². The van der Waals surface area contributed by atoms with Crippen molar-refractivity contribution in [3.05, 3.63) is 255 Å². The van der Waals surface area contributed by atoms with Gasteiger partial charge in [-0.05, 0) is 120 Å². The smallest absolute Gasteiger partial charge is 0.0619 e. The van der Waals surface area contributed by atoms with Crippen LogP contribution in [0.2, 0.25) is 0 Å². The van der Waals surface area contributed by atoms with Crippen LogP contribution in [-0.2, 0) is 0 Å². The molecule has 14 aromatic rings. The van der Waals surface area contributed by atoms with Crippen molar-refractivity contribution in [2.45, 2.75) is 0 Å². The van der Waals surface area contributed by atoms with E-state index in [0.29, 0.717) is 0 Å². The van der Waals surface area contributed by atoms with E-state index in [1.54, 1.807) is 0 Å². The molecule has 0 fully saturated rings. The van der Waals surface area contributed by atoms with Gasteiger partial charge >= 0.3 is 0 Å². The summed E-state index contributed by atoms with van der Waals surface area (Å²) in [5, 5.41) is 12.3. The average molecular weight is 863 g/mol. The van der Waals surface area contributed by atoms with Crippen LogP contribution in [0.4, 0.5) is 0 Å². The first kappa shape index (κ1) is 38.3. The van der Waals surface area contributed by atoms with Gasteiger partial charge in [0.1, 0.15) is 0 Å².